The molecule has 0 aliphatic heterocycles. The first kappa shape index (κ1) is 16.9. The number of halogens is 1. The van der Waals surface area contributed by atoms with Gasteiger partial charge in [0.25, 0.3) is 0 Å². The lowest BCUT2D eigenvalue weighted by Crippen LogP contribution is -2.15. The van der Waals surface area contributed by atoms with Gasteiger partial charge in [0.2, 0.25) is 0 Å². The molecule has 0 aliphatic carbocycles. The molecule has 1 N–H and O–H groups in total. The minimum atomic E-state index is 0. The summed E-state index contributed by atoms with van der Waals surface area (Å²) in [7, 11) is 0. The van der Waals surface area contributed by atoms with Crippen molar-refractivity contribution in [2.75, 3.05) is 19.8 Å². The van der Waals surface area contributed by atoms with Crippen LogP contribution in [0.5, 0.6) is 0 Å². The summed E-state index contributed by atoms with van der Waals surface area (Å²) in [5.41, 5.74) is 0. The Morgan fingerprint density at radius 2 is 2.00 bits per heavy atom. The molecule has 17 heavy (non-hydrogen) atoms. The molecule has 0 fully saturated rings. The molecule has 100 valence electrons. The number of thiophene rings is 1. The minimum absolute atomic E-state index is 0. The van der Waals surface area contributed by atoms with E-state index in [1.54, 1.807) is 0 Å². The van der Waals surface area contributed by atoms with E-state index < -0.39 is 0 Å². The second kappa shape index (κ2) is 11.0. The molecule has 1 aromatic rings. The maximum atomic E-state index is 5.49. The number of hydrogen-bond donors (Lipinski definition) is 1. The van der Waals surface area contributed by atoms with Crippen molar-refractivity contribution in [3.63, 3.8) is 0 Å². The summed E-state index contributed by atoms with van der Waals surface area (Å²) in [4.78, 5) is 2.81. The van der Waals surface area contributed by atoms with E-state index >= 15 is 0 Å². The summed E-state index contributed by atoms with van der Waals surface area (Å²) in [6, 6.07) is 4.38. The van der Waals surface area contributed by atoms with Crippen molar-refractivity contribution < 1.29 is 4.74 Å². The lowest BCUT2D eigenvalue weighted by Gasteiger charge is -2.04. The quantitative estimate of drug-likeness (QED) is 0.694. The lowest BCUT2D eigenvalue weighted by molar-refractivity contribution is 0.129. The number of unbranched alkanes of at least 4 members (excludes halogenated alkanes) is 1. The van der Waals surface area contributed by atoms with Gasteiger partial charge in [0, 0.05) is 29.5 Å². The molecule has 1 aromatic heterocycles. The first-order valence-electron chi connectivity index (χ1n) is 6.16. The van der Waals surface area contributed by atoms with Gasteiger partial charge >= 0.3 is 0 Å². The number of ether oxygens (including phenoxy) is 1. The van der Waals surface area contributed by atoms with Crippen molar-refractivity contribution in [2.24, 2.45) is 0 Å². The van der Waals surface area contributed by atoms with Crippen LogP contribution >= 0.6 is 23.7 Å². The number of rotatable bonds is 9. The summed E-state index contributed by atoms with van der Waals surface area (Å²) in [6.07, 6.45) is 3.51. The Hall–Kier alpha value is -0.0900. The Morgan fingerprint density at radius 3 is 2.65 bits per heavy atom. The van der Waals surface area contributed by atoms with E-state index in [4.69, 9.17) is 4.74 Å². The Kier molecular flexibility index (Phi) is 11.0. The molecule has 0 spiro atoms. The highest BCUT2D eigenvalue weighted by Gasteiger charge is 1.95. The molecule has 0 saturated carbocycles. The molecule has 0 unspecified atom stereocenters. The van der Waals surface area contributed by atoms with Crippen LogP contribution in [0.3, 0.4) is 0 Å². The highest BCUT2D eigenvalue weighted by atomic mass is 35.5. The molecule has 0 aliphatic rings. The highest BCUT2D eigenvalue weighted by molar-refractivity contribution is 7.11. The van der Waals surface area contributed by atoms with Crippen LogP contribution in [0.15, 0.2) is 12.1 Å². The van der Waals surface area contributed by atoms with E-state index in [2.05, 4.69) is 31.3 Å². The van der Waals surface area contributed by atoms with Gasteiger partial charge < -0.3 is 10.1 Å². The summed E-state index contributed by atoms with van der Waals surface area (Å²) in [5, 5.41) is 3.44. The normalized spacial score (nSPS) is 10.2. The zero-order valence-corrected chi connectivity index (χ0v) is 12.5. The molecule has 0 radical (unpaired) electrons. The van der Waals surface area contributed by atoms with Crippen molar-refractivity contribution in [3.8, 4) is 0 Å². The topological polar surface area (TPSA) is 21.3 Å². The van der Waals surface area contributed by atoms with Crippen LogP contribution in [0.1, 0.15) is 35.9 Å². The van der Waals surface area contributed by atoms with E-state index in [1.807, 2.05) is 11.3 Å². The summed E-state index contributed by atoms with van der Waals surface area (Å²) >= 11 is 1.87. The summed E-state index contributed by atoms with van der Waals surface area (Å²) < 4.78 is 5.49. The van der Waals surface area contributed by atoms with Crippen molar-refractivity contribution in [2.45, 2.75) is 39.7 Å². The Labute approximate surface area is 115 Å². The molecule has 0 atom stereocenters. The van der Waals surface area contributed by atoms with E-state index in [1.165, 1.54) is 22.6 Å². The number of aryl methyl sites for hydroxylation is 1. The van der Waals surface area contributed by atoms with Gasteiger partial charge in [0.15, 0.2) is 0 Å². The third-order valence-electron chi connectivity index (χ3n) is 2.38. The SMILES string of the molecule is CCCCOCCCNCc1ccc(C)s1.Cl. The minimum Gasteiger partial charge on any atom is -0.381 e. The van der Waals surface area contributed by atoms with Gasteiger partial charge in [0.1, 0.15) is 0 Å². The molecule has 0 aromatic carbocycles. The molecular formula is C13H24ClNOS. The molecule has 0 bridgehead atoms. The molecule has 1 rings (SSSR count). The first-order valence-corrected chi connectivity index (χ1v) is 6.98. The number of nitrogens with one attached hydrogen (secondary N) is 1. The zero-order valence-electron chi connectivity index (χ0n) is 10.8. The van der Waals surface area contributed by atoms with Gasteiger partial charge in [-0.15, -0.1) is 23.7 Å². The third-order valence-corrected chi connectivity index (χ3v) is 3.38. The summed E-state index contributed by atoms with van der Waals surface area (Å²) in [6.45, 7) is 8.18. The van der Waals surface area contributed by atoms with Gasteiger partial charge in [-0.2, -0.15) is 0 Å². The fourth-order valence-corrected chi connectivity index (χ4v) is 2.30. The van der Waals surface area contributed by atoms with Gasteiger partial charge in [-0.1, -0.05) is 13.3 Å². The molecular weight excluding hydrogens is 254 g/mol. The molecule has 1 heterocycles. The average Bonchev–Trinajstić information content (AvgIpc) is 2.68. The van der Waals surface area contributed by atoms with Crippen molar-refractivity contribution >= 4 is 23.7 Å². The maximum absolute atomic E-state index is 5.49. The molecule has 4 heteroatoms. The van der Waals surface area contributed by atoms with E-state index in [9.17, 15) is 0 Å². The van der Waals surface area contributed by atoms with Gasteiger partial charge in [-0.25, -0.2) is 0 Å². The maximum Gasteiger partial charge on any atom is 0.0478 e. The predicted molar refractivity (Wildman–Crippen MR) is 78.4 cm³/mol. The molecule has 0 amide bonds. The predicted octanol–water partition coefficient (Wildman–Crippen LogP) is 3.77. The average molecular weight is 278 g/mol. The van der Waals surface area contributed by atoms with Crippen LogP contribution in [0.2, 0.25) is 0 Å². The van der Waals surface area contributed by atoms with Crippen molar-refractivity contribution in [1.82, 2.24) is 5.32 Å². The van der Waals surface area contributed by atoms with Gasteiger partial charge in [-0.3, -0.25) is 0 Å². The second-order valence-corrected chi connectivity index (χ2v) is 5.38. The van der Waals surface area contributed by atoms with Crippen LogP contribution in [0.25, 0.3) is 0 Å². The highest BCUT2D eigenvalue weighted by Crippen LogP contribution is 2.14. The van der Waals surface area contributed by atoms with Crippen molar-refractivity contribution in [3.05, 3.63) is 21.9 Å². The molecule has 2 nitrogen and oxygen atoms in total. The van der Waals surface area contributed by atoms with E-state index in [-0.39, 0.29) is 12.4 Å². The largest absolute Gasteiger partial charge is 0.381 e. The van der Waals surface area contributed by atoms with Gasteiger partial charge in [0.05, 0.1) is 0 Å². The van der Waals surface area contributed by atoms with Crippen LogP contribution in [0.4, 0.5) is 0 Å². The monoisotopic (exact) mass is 277 g/mol. The van der Waals surface area contributed by atoms with Crippen LogP contribution in [-0.2, 0) is 11.3 Å². The standard InChI is InChI=1S/C13H23NOS.ClH/c1-3-4-9-15-10-5-8-14-11-13-7-6-12(2)16-13;/h6-7,14H,3-5,8-11H2,1-2H3;1H. The van der Waals surface area contributed by atoms with E-state index in [0.29, 0.717) is 0 Å². The van der Waals surface area contributed by atoms with Crippen LogP contribution in [0, 0.1) is 6.92 Å². The Balaban J connectivity index is 0.00000256. The van der Waals surface area contributed by atoms with Crippen LogP contribution in [-0.4, -0.2) is 19.8 Å². The molecule has 0 saturated heterocycles. The fraction of sp³-hybridized carbons (Fsp3) is 0.692. The zero-order chi connectivity index (χ0) is 11.6. The van der Waals surface area contributed by atoms with Crippen molar-refractivity contribution in [1.29, 1.82) is 0 Å². The number of hydrogen-bond acceptors (Lipinski definition) is 3. The third kappa shape index (κ3) is 8.61. The Bertz CT molecular complexity index is 278. The lowest BCUT2D eigenvalue weighted by atomic mass is 10.3. The fourth-order valence-electron chi connectivity index (χ4n) is 1.44. The Morgan fingerprint density at radius 1 is 1.24 bits per heavy atom. The second-order valence-electron chi connectivity index (χ2n) is 4.01. The van der Waals surface area contributed by atoms with Gasteiger partial charge in [-0.05, 0) is 38.4 Å². The summed E-state index contributed by atoms with van der Waals surface area (Å²) in [5.74, 6) is 0. The van der Waals surface area contributed by atoms with Crippen LogP contribution < -0.4 is 5.32 Å². The first-order chi connectivity index (χ1) is 7.83. The van der Waals surface area contributed by atoms with E-state index in [0.717, 1.165) is 32.7 Å². The smallest absolute Gasteiger partial charge is 0.0478 e.